The number of ether oxygens (including phenoxy) is 1. The summed E-state index contributed by atoms with van der Waals surface area (Å²) in [5.74, 6) is 4.91. The molecule has 9 nitrogen and oxygen atoms in total. The molecule has 4 amide bonds. The monoisotopic (exact) mass is 660 g/mol. The lowest BCUT2D eigenvalue weighted by atomic mass is 9.95. The first-order chi connectivity index (χ1) is 22.2. The molecule has 3 aromatic rings. The number of urea groups is 1. The molecule has 1 atom stereocenters. The number of halogens is 2. The van der Waals surface area contributed by atoms with Crippen molar-refractivity contribution in [3.05, 3.63) is 105 Å². The van der Waals surface area contributed by atoms with Crippen LogP contribution in [-0.2, 0) is 29.1 Å². The summed E-state index contributed by atoms with van der Waals surface area (Å²) in [7, 11) is 1.62. The number of fused-ring (bicyclic) bond motifs is 1. The summed E-state index contributed by atoms with van der Waals surface area (Å²) >= 11 is 13.3. The van der Waals surface area contributed by atoms with Crippen molar-refractivity contribution in [2.24, 2.45) is 5.92 Å². The van der Waals surface area contributed by atoms with E-state index in [1.54, 1.807) is 24.1 Å². The van der Waals surface area contributed by atoms with Gasteiger partial charge in [0, 0.05) is 31.6 Å². The van der Waals surface area contributed by atoms with E-state index in [1.165, 1.54) is 11.0 Å². The average molecular weight is 662 g/mol. The molecule has 1 aliphatic carbocycles. The first-order valence-electron chi connectivity index (χ1n) is 15.0. The summed E-state index contributed by atoms with van der Waals surface area (Å²) in [6, 6.07) is 18.2. The Hall–Kier alpha value is -4.52. The molecule has 11 heteroatoms. The molecule has 3 aromatic carbocycles. The first kappa shape index (κ1) is 32.9. The summed E-state index contributed by atoms with van der Waals surface area (Å²) < 4.78 is 5.50. The molecule has 1 saturated carbocycles. The second kappa shape index (κ2) is 15.2. The normalized spacial score (nSPS) is 14.3. The summed E-state index contributed by atoms with van der Waals surface area (Å²) in [4.78, 5) is 56.1. The van der Waals surface area contributed by atoms with Gasteiger partial charge in [-0.1, -0.05) is 95.7 Å². The Bertz CT molecular complexity index is 1670. The highest BCUT2D eigenvalue weighted by Crippen LogP contribution is 2.34. The lowest BCUT2D eigenvalue weighted by molar-refractivity contribution is -0.147. The fourth-order valence-electron chi connectivity index (χ4n) is 4.99. The van der Waals surface area contributed by atoms with E-state index in [-0.39, 0.29) is 34.7 Å². The summed E-state index contributed by atoms with van der Waals surface area (Å²) in [5.41, 5.74) is 2.44. The molecule has 46 heavy (non-hydrogen) atoms. The lowest BCUT2D eigenvalue weighted by Gasteiger charge is -2.28. The van der Waals surface area contributed by atoms with E-state index in [4.69, 9.17) is 27.9 Å². The van der Waals surface area contributed by atoms with E-state index in [0.29, 0.717) is 43.1 Å². The average Bonchev–Trinajstić information content (AvgIpc) is 3.88. The highest BCUT2D eigenvalue weighted by atomic mass is 35.5. The number of nitrogens with zero attached hydrogens (tertiary/aromatic N) is 2. The third kappa shape index (κ3) is 8.39. The predicted molar refractivity (Wildman–Crippen MR) is 175 cm³/mol. The van der Waals surface area contributed by atoms with Crippen molar-refractivity contribution in [1.29, 1.82) is 0 Å². The van der Waals surface area contributed by atoms with Gasteiger partial charge >= 0.3 is 12.0 Å². The van der Waals surface area contributed by atoms with Crippen LogP contribution in [0.25, 0.3) is 0 Å². The van der Waals surface area contributed by atoms with E-state index in [0.717, 1.165) is 24.0 Å². The van der Waals surface area contributed by atoms with Gasteiger partial charge in [0.2, 0.25) is 0 Å². The van der Waals surface area contributed by atoms with Gasteiger partial charge in [0.15, 0.2) is 0 Å². The van der Waals surface area contributed by atoms with Crippen LogP contribution in [0.5, 0.6) is 0 Å². The van der Waals surface area contributed by atoms with Gasteiger partial charge in [0.25, 0.3) is 11.8 Å². The van der Waals surface area contributed by atoms with Gasteiger partial charge in [0.1, 0.15) is 12.6 Å². The number of carbonyl (C=O) groups is 4. The number of benzene rings is 3. The van der Waals surface area contributed by atoms with Crippen LogP contribution in [0, 0.1) is 17.8 Å². The van der Waals surface area contributed by atoms with Gasteiger partial charge in [-0.05, 0) is 42.0 Å². The number of nitrogens with one attached hydrogen (secondary N) is 2. The molecule has 2 N–H and O–H groups in total. The maximum Gasteiger partial charge on any atom is 0.330 e. The van der Waals surface area contributed by atoms with Gasteiger partial charge in [-0.3, -0.25) is 9.59 Å². The molecular formula is C35H34Cl2N4O5. The minimum atomic E-state index is -1.27. The van der Waals surface area contributed by atoms with Crippen molar-refractivity contribution in [3.63, 3.8) is 0 Å². The van der Waals surface area contributed by atoms with E-state index < -0.39 is 23.9 Å². The van der Waals surface area contributed by atoms with Crippen LogP contribution in [0.1, 0.15) is 50.2 Å². The standard InChI is InChI=1S/C35H34Cl2N4O5/c1-40(21-24-9-4-2-5-10-24)35(45)38-20-29(34(44)46-22-25-11-6-3-7-12-25)39-32(42)30-28(36)19-27-26(31(30)37)16-18-41(33(27)43)17-8-13-23-14-15-23/h2-7,9-12,19,23,29H,14-18,20-22H2,1H3,(H,38,45)(H,39,42). The Labute approximate surface area is 278 Å². The Balaban J connectivity index is 1.30. The molecule has 5 rings (SSSR count). The van der Waals surface area contributed by atoms with Crippen LogP contribution >= 0.6 is 23.2 Å². The molecule has 0 bridgehead atoms. The van der Waals surface area contributed by atoms with E-state index in [1.807, 2.05) is 48.5 Å². The molecule has 0 spiro atoms. The number of amides is 4. The fraction of sp³-hybridized carbons (Fsp3) is 0.314. The van der Waals surface area contributed by atoms with Gasteiger partial charge in [-0.25, -0.2) is 9.59 Å². The van der Waals surface area contributed by atoms with Crippen molar-refractivity contribution >= 4 is 47.0 Å². The van der Waals surface area contributed by atoms with E-state index in [9.17, 15) is 19.2 Å². The molecule has 1 fully saturated rings. The van der Waals surface area contributed by atoms with Gasteiger partial charge in [0.05, 0.1) is 28.7 Å². The number of carbonyl (C=O) groups excluding carboxylic acids is 4. The minimum Gasteiger partial charge on any atom is -0.459 e. The van der Waals surface area contributed by atoms with E-state index in [2.05, 4.69) is 22.5 Å². The second-order valence-electron chi connectivity index (χ2n) is 11.3. The zero-order valence-electron chi connectivity index (χ0n) is 25.4. The molecular weight excluding hydrogens is 627 g/mol. The molecule has 1 unspecified atom stereocenters. The lowest BCUT2D eigenvalue weighted by Crippen LogP contribution is -2.51. The Morgan fingerprint density at radius 3 is 2.39 bits per heavy atom. The van der Waals surface area contributed by atoms with Gasteiger partial charge in [-0.2, -0.15) is 0 Å². The predicted octanol–water partition coefficient (Wildman–Crippen LogP) is 5.09. The number of rotatable bonds is 10. The maximum atomic E-state index is 13.6. The second-order valence-corrected chi connectivity index (χ2v) is 12.1. The van der Waals surface area contributed by atoms with Gasteiger partial charge < -0.3 is 25.2 Å². The van der Waals surface area contributed by atoms with Crippen LogP contribution < -0.4 is 10.6 Å². The quantitative estimate of drug-likeness (QED) is 0.233. The molecule has 1 aliphatic heterocycles. The van der Waals surface area contributed by atoms with Gasteiger partial charge in [-0.15, -0.1) is 0 Å². The molecule has 238 valence electrons. The van der Waals surface area contributed by atoms with Crippen molar-refractivity contribution in [2.75, 3.05) is 26.7 Å². The molecule has 1 heterocycles. The van der Waals surface area contributed by atoms with Crippen molar-refractivity contribution in [1.82, 2.24) is 20.4 Å². The Kier molecular flexibility index (Phi) is 10.8. The smallest absolute Gasteiger partial charge is 0.330 e. The highest BCUT2D eigenvalue weighted by Gasteiger charge is 2.32. The molecule has 0 saturated heterocycles. The van der Waals surface area contributed by atoms with Crippen molar-refractivity contribution in [2.45, 2.75) is 38.5 Å². The molecule has 0 radical (unpaired) electrons. The van der Waals surface area contributed by atoms with E-state index >= 15 is 0 Å². The van der Waals surface area contributed by atoms with Crippen molar-refractivity contribution < 1.29 is 23.9 Å². The highest BCUT2D eigenvalue weighted by molar-refractivity contribution is 6.41. The van der Waals surface area contributed by atoms with Crippen LogP contribution in [-0.4, -0.2) is 66.3 Å². The zero-order valence-corrected chi connectivity index (χ0v) is 26.9. The van der Waals surface area contributed by atoms with Crippen LogP contribution in [0.15, 0.2) is 66.7 Å². The molecule has 2 aliphatic rings. The van der Waals surface area contributed by atoms with Crippen molar-refractivity contribution in [3.8, 4) is 11.8 Å². The number of hydrogen-bond acceptors (Lipinski definition) is 5. The summed E-state index contributed by atoms with van der Waals surface area (Å²) in [5, 5.41) is 5.34. The fourth-order valence-corrected chi connectivity index (χ4v) is 5.71. The third-order valence-electron chi connectivity index (χ3n) is 7.73. The summed E-state index contributed by atoms with van der Waals surface area (Å²) in [6.45, 7) is 0.756. The summed E-state index contributed by atoms with van der Waals surface area (Å²) in [6.07, 6.45) is 2.61. The topological polar surface area (TPSA) is 108 Å². The Morgan fingerprint density at radius 2 is 1.72 bits per heavy atom. The van der Waals surface area contributed by atoms with Crippen LogP contribution in [0.4, 0.5) is 4.79 Å². The maximum absolute atomic E-state index is 13.6. The number of hydrogen-bond donors (Lipinski definition) is 2. The third-order valence-corrected chi connectivity index (χ3v) is 8.44. The SMILES string of the molecule is CN(Cc1ccccc1)C(=O)NCC(NC(=O)c1c(Cl)cc2c(c1Cl)CCN(CC#CC1CC1)C2=O)C(=O)OCc1ccccc1. The first-order valence-corrected chi connectivity index (χ1v) is 15.8. The number of esters is 1. The minimum absolute atomic E-state index is 0.0299. The largest absolute Gasteiger partial charge is 0.459 e. The zero-order chi connectivity index (χ0) is 32.6. The Morgan fingerprint density at radius 1 is 1.04 bits per heavy atom. The van der Waals surface area contributed by atoms with Crippen LogP contribution in [0.3, 0.4) is 0 Å². The van der Waals surface area contributed by atoms with Crippen LogP contribution in [0.2, 0.25) is 10.0 Å². The molecule has 0 aromatic heterocycles.